The number of piperidine rings is 1. The van der Waals surface area contributed by atoms with Gasteiger partial charge in [-0.15, -0.1) is 0 Å². The second-order valence-electron chi connectivity index (χ2n) is 3.61. The molecule has 2 rings (SSSR count). The van der Waals surface area contributed by atoms with Gasteiger partial charge < -0.3 is 0 Å². The maximum Gasteiger partial charge on any atom is 0.0730 e. The highest BCUT2D eigenvalue weighted by Crippen LogP contribution is 2.46. The molecule has 0 aromatic carbocycles. The van der Waals surface area contributed by atoms with E-state index in [-0.39, 0.29) is 0 Å². The molecule has 2 bridgehead atoms. The fourth-order valence-corrected chi connectivity index (χ4v) is 3.42. The van der Waals surface area contributed by atoms with Crippen LogP contribution < -0.4 is 0 Å². The third kappa shape index (κ3) is 0.916. The van der Waals surface area contributed by atoms with Gasteiger partial charge in [-0.05, 0) is 39.2 Å². The minimum Gasteiger partial charge on any atom is -0.289 e. The first-order valence-corrected chi connectivity index (χ1v) is 5.22. The summed E-state index contributed by atoms with van der Waals surface area (Å²) in [5.41, 5.74) is 0. The van der Waals surface area contributed by atoms with Gasteiger partial charge in [-0.25, -0.2) is 0 Å². The molecular weight excluding hydrogens is 237 g/mol. The van der Waals surface area contributed by atoms with Crippen molar-refractivity contribution in [1.82, 2.24) is 4.90 Å². The molecule has 0 radical (unpaired) electrons. The molecule has 2 saturated heterocycles. The van der Waals surface area contributed by atoms with Crippen molar-refractivity contribution in [3.63, 3.8) is 0 Å². The van der Waals surface area contributed by atoms with E-state index < -0.39 is 0 Å². The summed E-state index contributed by atoms with van der Waals surface area (Å²) in [6.07, 6.45) is 7.19. The Kier molecular flexibility index (Phi) is 1.72. The van der Waals surface area contributed by atoms with E-state index in [9.17, 15) is 0 Å². The van der Waals surface area contributed by atoms with Gasteiger partial charge in [0.1, 0.15) is 0 Å². The quantitative estimate of drug-likeness (QED) is 0.363. The molecule has 2 atom stereocenters. The molecular formula is C8H14IN. The van der Waals surface area contributed by atoms with Crippen molar-refractivity contribution in [1.29, 1.82) is 0 Å². The van der Waals surface area contributed by atoms with E-state index in [1.54, 1.807) is 0 Å². The monoisotopic (exact) mass is 251 g/mol. The second-order valence-corrected chi connectivity index (χ2v) is 5.62. The molecule has 2 aliphatic rings. The van der Waals surface area contributed by atoms with E-state index in [0.29, 0.717) is 3.55 Å². The van der Waals surface area contributed by atoms with Crippen LogP contribution >= 0.6 is 22.6 Å². The van der Waals surface area contributed by atoms with Gasteiger partial charge in [-0.3, -0.25) is 4.90 Å². The molecule has 0 aromatic heterocycles. The zero-order chi connectivity index (χ0) is 7.19. The van der Waals surface area contributed by atoms with Crippen molar-refractivity contribution in [2.24, 2.45) is 0 Å². The first kappa shape index (κ1) is 7.35. The van der Waals surface area contributed by atoms with Gasteiger partial charge in [0.15, 0.2) is 0 Å². The number of rotatable bonds is 0. The normalized spacial score (nSPS) is 48.0. The zero-order valence-corrected chi connectivity index (χ0v) is 8.60. The smallest absolute Gasteiger partial charge is 0.0730 e. The lowest BCUT2D eigenvalue weighted by Gasteiger charge is -2.38. The maximum absolute atomic E-state index is 2.65. The first-order valence-electron chi connectivity index (χ1n) is 4.14. The Morgan fingerprint density at radius 1 is 1.40 bits per heavy atom. The van der Waals surface area contributed by atoms with Crippen molar-refractivity contribution in [3.8, 4) is 0 Å². The third-order valence-corrected chi connectivity index (χ3v) is 4.98. The van der Waals surface area contributed by atoms with E-state index >= 15 is 0 Å². The van der Waals surface area contributed by atoms with Crippen molar-refractivity contribution in [2.75, 3.05) is 7.05 Å². The van der Waals surface area contributed by atoms with Gasteiger partial charge in [0.25, 0.3) is 0 Å². The predicted molar refractivity (Wildman–Crippen MR) is 51.4 cm³/mol. The van der Waals surface area contributed by atoms with Gasteiger partial charge >= 0.3 is 0 Å². The Labute approximate surface area is 76.3 Å². The number of hydrogen-bond acceptors (Lipinski definition) is 1. The summed E-state index contributed by atoms with van der Waals surface area (Å²) in [5.74, 6) is 0. The van der Waals surface area contributed by atoms with Crippen LogP contribution in [0, 0.1) is 0 Å². The van der Waals surface area contributed by atoms with Crippen LogP contribution in [-0.2, 0) is 0 Å². The predicted octanol–water partition coefficient (Wildman–Crippen LogP) is 2.40. The van der Waals surface area contributed by atoms with Crippen LogP contribution in [0.15, 0.2) is 0 Å². The summed E-state index contributed by atoms with van der Waals surface area (Å²) in [5, 5.41) is 0. The van der Waals surface area contributed by atoms with Crippen LogP contribution in [-0.4, -0.2) is 21.5 Å². The summed E-state index contributed by atoms with van der Waals surface area (Å²) in [7, 11) is 2.29. The molecule has 0 unspecified atom stereocenters. The van der Waals surface area contributed by atoms with E-state index in [1.165, 1.54) is 32.1 Å². The van der Waals surface area contributed by atoms with Gasteiger partial charge in [-0.2, -0.15) is 0 Å². The van der Waals surface area contributed by atoms with E-state index in [4.69, 9.17) is 0 Å². The summed E-state index contributed by atoms with van der Waals surface area (Å²) < 4.78 is 0.556. The Hall–Kier alpha value is 0.690. The van der Waals surface area contributed by atoms with Gasteiger partial charge in [0, 0.05) is 6.04 Å². The van der Waals surface area contributed by atoms with Crippen LogP contribution in [0.2, 0.25) is 0 Å². The molecule has 2 heteroatoms. The molecule has 2 fully saturated rings. The standard InChI is InChI=1S/C8H14IN/c1-10-7-3-2-5-8(10,9)6-4-7/h7H,2-6H2,1H3/t7-,8+/m1/s1. The van der Waals surface area contributed by atoms with Crippen LogP contribution in [0.4, 0.5) is 0 Å². The first-order chi connectivity index (χ1) is 4.72. The lowest BCUT2D eigenvalue weighted by molar-refractivity contribution is 0.167. The fourth-order valence-electron chi connectivity index (χ4n) is 2.33. The minimum atomic E-state index is 0.556. The Morgan fingerprint density at radius 3 is 2.80 bits per heavy atom. The topological polar surface area (TPSA) is 3.24 Å². The van der Waals surface area contributed by atoms with Crippen molar-refractivity contribution < 1.29 is 0 Å². The van der Waals surface area contributed by atoms with Crippen LogP contribution in [0.3, 0.4) is 0 Å². The van der Waals surface area contributed by atoms with Gasteiger partial charge in [0.05, 0.1) is 3.55 Å². The van der Waals surface area contributed by atoms with E-state index in [1.807, 2.05) is 0 Å². The molecule has 0 spiro atoms. The van der Waals surface area contributed by atoms with Crippen LogP contribution in [0.1, 0.15) is 32.1 Å². The Bertz CT molecular complexity index is 144. The number of halogens is 1. The maximum atomic E-state index is 2.65. The van der Waals surface area contributed by atoms with Crippen molar-refractivity contribution in [2.45, 2.75) is 41.7 Å². The Morgan fingerprint density at radius 2 is 2.20 bits per heavy atom. The summed E-state index contributed by atoms with van der Waals surface area (Å²) in [6, 6.07) is 0.922. The largest absolute Gasteiger partial charge is 0.289 e. The molecule has 58 valence electrons. The Balaban J connectivity index is 2.21. The molecule has 2 aliphatic heterocycles. The summed E-state index contributed by atoms with van der Waals surface area (Å²) >= 11 is 2.65. The molecule has 0 saturated carbocycles. The number of nitrogens with zero attached hydrogens (tertiary/aromatic N) is 1. The van der Waals surface area contributed by atoms with E-state index in [0.717, 1.165) is 6.04 Å². The van der Waals surface area contributed by atoms with Gasteiger partial charge in [-0.1, -0.05) is 22.6 Å². The molecule has 2 heterocycles. The van der Waals surface area contributed by atoms with Crippen LogP contribution in [0.25, 0.3) is 0 Å². The van der Waals surface area contributed by atoms with Crippen LogP contribution in [0.5, 0.6) is 0 Å². The summed E-state index contributed by atoms with van der Waals surface area (Å²) in [4.78, 5) is 2.59. The molecule has 1 nitrogen and oxygen atoms in total. The molecule has 0 aliphatic carbocycles. The zero-order valence-electron chi connectivity index (χ0n) is 6.44. The average Bonchev–Trinajstić information content (AvgIpc) is 2.18. The van der Waals surface area contributed by atoms with Gasteiger partial charge in [0.2, 0.25) is 0 Å². The minimum absolute atomic E-state index is 0.556. The lowest BCUT2D eigenvalue weighted by atomic mass is 10.0. The average molecular weight is 251 g/mol. The number of fused-ring (bicyclic) bond motifs is 2. The highest BCUT2D eigenvalue weighted by molar-refractivity contribution is 14.1. The second kappa shape index (κ2) is 2.34. The molecule has 10 heavy (non-hydrogen) atoms. The fraction of sp³-hybridized carbons (Fsp3) is 1.00. The SMILES string of the molecule is CN1[C@@H]2CCC[C@@]1(I)CC2. The molecule has 0 aromatic rings. The number of hydrogen-bond donors (Lipinski definition) is 0. The van der Waals surface area contributed by atoms with Crippen molar-refractivity contribution in [3.05, 3.63) is 0 Å². The third-order valence-electron chi connectivity index (χ3n) is 3.14. The number of alkyl halides is 1. The molecule has 0 N–H and O–H groups in total. The highest BCUT2D eigenvalue weighted by atomic mass is 127. The van der Waals surface area contributed by atoms with Crippen molar-refractivity contribution >= 4 is 22.6 Å². The lowest BCUT2D eigenvalue weighted by Crippen LogP contribution is -2.42. The van der Waals surface area contributed by atoms with E-state index in [2.05, 4.69) is 34.5 Å². The highest BCUT2D eigenvalue weighted by Gasteiger charge is 2.44. The summed E-state index contributed by atoms with van der Waals surface area (Å²) in [6.45, 7) is 0. The molecule has 0 amide bonds.